The highest BCUT2D eigenvalue weighted by Gasteiger charge is 2.00. The van der Waals surface area contributed by atoms with Crippen LogP contribution in [0.5, 0.6) is 0 Å². The van der Waals surface area contributed by atoms with Gasteiger partial charge in [0.25, 0.3) is 5.91 Å². The zero-order valence-corrected chi connectivity index (χ0v) is 7.87. The second-order valence-corrected chi connectivity index (χ2v) is 1.96. The summed E-state index contributed by atoms with van der Waals surface area (Å²) in [5.41, 5.74) is 4.89. The number of amides is 1. The lowest BCUT2D eigenvalue weighted by Gasteiger charge is -2.00. The molecular formula is C9H15N3O. The van der Waals surface area contributed by atoms with Crippen molar-refractivity contribution >= 4 is 5.91 Å². The Bertz CT molecular complexity index is 236. The highest BCUT2D eigenvalue weighted by atomic mass is 16.2. The highest BCUT2D eigenvalue weighted by Crippen LogP contribution is 1.96. The van der Waals surface area contributed by atoms with Gasteiger partial charge in [-0.15, -0.1) is 0 Å². The zero-order valence-electron chi connectivity index (χ0n) is 7.87. The maximum atomic E-state index is 11.0. The van der Waals surface area contributed by atoms with E-state index in [2.05, 4.69) is 11.0 Å². The number of rotatable bonds is 2. The van der Waals surface area contributed by atoms with Crippen molar-refractivity contribution in [3.8, 4) is 0 Å². The van der Waals surface area contributed by atoms with Crippen molar-refractivity contribution in [2.24, 2.45) is 5.84 Å². The van der Waals surface area contributed by atoms with Gasteiger partial charge in [-0.3, -0.25) is 16.1 Å². The van der Waals surface area contributed by atoms with Gasteiger partial charge < -0.3 is 0 Å². The molecule has 0 aliphatic rings. The Hall–Kier alpha value is -1.39. The maximum Gasteiger partial charge on any atom is 0.266 e. The summed E-state index contributed by atoms with van der Waals surface area (Å²) < 4.78 is 0. The molecule has 13 heavy (non-hydrogen) atoms. The van der Waals surface area contributed by atoms with Gasteiger partial charge in [-0.2, -0.15) is 5.53 Å². The predicted octanol–water partition coefficient (Wildman–Crippen LogP) is 0.821. The molecule has 0 spiro atoms. The van der Waals surface area contributed by atoms with Crippen molar-refractivity contribution in [3.63, 3.8) is 0 Å². The van der Waals surface area contributed by atoms with E-state index in [4.69, 9.17) is 5.84 Å². The molecule has 1 amide bonds. The van der Waals surface area contributed by atoms with E-state index in [-0.39, 0.29) is 5.91 Å². The minimum Gasteiger partial charge on any atom is -0.274 e. The summed E-state index contributed by atoms with van der Waals surface area (Å²) in [6.07, 6.45) is 0. The largest absolute Gasteiger partial charge is 0.274 e. The number of hydrogen-bond acceptors (Lipinski definition) is 3. The van der Waals surface area contributed by atoms with Gasteiger partial charge in [0.15, 0.2) is 0 Å². The van der Waals surface area contributed by atoms with Crippen LogP contribution in [0.3, 0.4) is 0 Å². The van der Waals surface area contributed by atoms with Crippen LogP contribution in [-0.2, 0) is 0 Å². The molecule has 0 unspecified atom stereocenters. The molecule has 1 aromatic carbocycles. The monoisotopic (exact) mass is 181 g/mol. The van der Waals surface area contributed by atoms with Crippen LogP contribution in [0.2, 0.25) is 0 Å². The number of carbonyl (C=O) groups is 1. The number of carbonyl (C=O) groups excluding carboxylic acids is 1. The van der Waals surface area contributed by atoms with Crippen LogP contribution in [0.4, 0.5) is 0 Å². The van der Waals surface area contributed by atoms with Gasteiger partial charge >= 0.3 is 0 Å². The van der Waals surface area contributed by atoms with Gasteiger partial charge in [0.2, 0.25) is 0 Å². The van der Waals surface area contributed by atoms with Gasteiger partial charge in [0.1, 0.15) is 0 Å². The number of nitrogens with two attached hydrogens (primary N) is 1. The normalized spacial score (nSPS) is 8.23. The third kappa shape index (κ3) is 4.25. The average molecular weight is 181 g/mol. The van der Waals surface area contributed by atoms with Crippen molar-refractivity contribution in [3.05, 3.63) is 35.9 Å². The van der Waals surface area contributed by atoms with Crippen molar-refractivity contribution in [1.82, 2.24) is 11.0 Å². The van der Waals surface area contributed by atoms with Crippen molar-refractivity contribution in [1.29, 1.82) is 0 Å². The minimum absolute atomic E-state index is 0.242. The topological polar surface area (TPSA) is 67.2 Å². The molecule has 4 N–H and O–H groups in total. The molecule has 72 valence electrons. The second kappa shape index (κ2) is 7.27. The first-order valence-corrected chi connectivity index (χ1v) is 4.15. The molecule has 0 saturated heterocycles. The molecule has 0 bridgehead atoms. The number of hydrazine groups is 2. The van der Waals surface area contributed by atoms with E-state index in [1.165, 1.54) is 0 Å². The van der Waals surface area contributed by atoms with E-state index < -0.39 is 0 Å². The lowest BCUT2D eigenvalue weighted by atomic mass is 10.2. The molecule has 4 nitrogen and oxygen atoms in total. The van der Waals surface area contributed by atoms with E-state index >= 15 is 0 Å². The minimum atomic E-state index is -0.242. The van der Waals surface area contributed by atoms with Gasteiger partial charge in [0.05, 0.1) is 0 Å². The lowest BCUT2D eigenvalue weighted by Crippen LogP contribution is -2.42. The summed E-state index contributed by atoms with van der Waals surface area (Å²) in [5.74, 6) is 4.64. The summed E-state index contributed by atoms with van der Waals surface area (Å²) in [6, 6.07) is 8.81. The Morgan fingerprint density at radius 1 is 1.23 bits per heavy atom. The van der Waals surface area contributed by atoms with Gasteiger partial charge in [0, 0.05) is 5.56 Å². The Labute approximate surface area is 78.1 Å². The fourth-order valence-electron chi connectivity index (χ4n) is 0.727. The number of benzene rings is 1. The summed E-state index contributed by atoms with van der Waals surface area (Å²) in [7, 11) is 0. The molecule has 1 aromatic rings. The van der Waals surface area contributed by atoms with Gasteiger partial charge in [-0.25, -0.2) is 0 Å². The first-order valence-electron chi connectivity index (χ1n) is 4.15. The predicted molar refractivity (Wildman–Crippen MR) is 52.6 cm³/mol. The molecule has 0 aromatic heterocycles. The summed E-state index contributed by atoms with van der Waals surface area (Å²) in [4.78, 5) is 11.0. The lowest BCUT2D eigenvalue weighted by molar-refractivity contribution is 0.0934. The Morgan fingerprint density at radius 2 is 1.77 bits per heavy atom. The Morgan fingerprint density at radius 3 is 2.23 bits per heavy atom. The van der Waals surface area contributed by atoms with Crippen LogP contribution < -0.4 is 16.8 Å². The molecule has 0 fully saturated rings. The Balaban J connectivity index is 0.000000671. The van der Waals surface area contributed by atoms with Crippen molar-refractivity contribution < 1.29 is 4.79 Å². The number of hydrogen-bond donors (Lipinski definition) is 3. The average Bonchev–Trinajstić information content (AvgIpc) is 2.23. The van der Waals surface area contributed by atoms with Gasteiger partial charge in [-0.1, -0.05) is 32.0 Å². The molecule has 0 radical (unpaired) electrons. The second-order valence-electron chi connectivity index (χ2n) is 1.96. The van der Waals surface area contributed by atoms with E-state index in [1.807, 2.05) is 19.9 Å². The molecule has 0 saturated carbocycles. The highest BCUT2D eigenvalue weighted by molar-refractivity contribution is 5.93. The molecule has 0 heterocycles. The fraction of sp³-hybridized carbons (Fsp3) is 0.222. The quantitative estimate of drug-likeness (QED) is 0.467. The van der Waals surface area contributed by atoms with Crippen LogP contribution in [-0.4, -0.2) is 5.91 Å². The van der Waals surface area contributed by atoms with Crippen LogP contribution in [0.1, 0.15) is 24.2 Å². The van der Waals surface area contributed by atoms with Crippen LogP contribution in [0, 0.1) is 0 Å². The molecule has 4 heteroatoms. The van der Waals surface area contributed by atoms with Crippen molar-refractivity contribution in [2.45, 2.75) is 13.8 Å². The smallest absolute Gasteiger partial charge is 0.266 e. The number of nitrogens with one attached hydrogen (secondary N) is 2. The first kappa shape index (κ1) is 11.6. The SMILES string of the molecule is CC.NNNC(=O)c1ccccc1. The fourth-order valence-corrected chi connectivity index (χ4v) is 0.727. The van der Waals surface area contributed by atoms with E-state index in [9.17, 15) is 4.79 Å². The van der Waals surface area contributed by atoms with Crippen LogP contribution >= 0.6 is 0 Å². The summed E-state index contributed by atoms with van der Waals surface area (Å²) >= 11 is 0. The van der Waals surface area contributed by atoms with Crippen LogP contribution in [0.15, 0.2) is 30.3 Å². The third-order valence-electron chi connectivity index (χ3n) is 1.22. The third-order valence-corrected chi connectivity index (χ3v) is 1.22. The zero-order chi connectivity index (χ0) is 10.1. The maximum absolute atomic E-state index is 11.0. The molecular weight excluding hydrogens is 166 g/mol. The first-order chi connectivity index (χ1) is 6.34. The molecule has 0 atom stereocenters. The molecule has 1 rings (SSSR count). The standard InChI is InChI=1S/C7H9N3O.C2H6/c8-10-9-7(11)6-4-2-1-3-5-6;1-2/h1-5,10H,8H2,(H,9,11);1-2H3. The Kier molecular flexibility index (Phi) is 6.49. The summed E-state index contributed by atoms with van der Waals surface area (Å²) in [6.45, 7) is 4.00. The molecule has 0 aliphatic carbocycles. The van der Waals surface area contributed by atoms with Crippen LogP contribution in [0.25, 0.3) is 0 Å². The molecule has 0 aliphatic heterocycles. The van der Waals surface area contributed by atoms with E-state index in [0.717, 1.165) is 0 Å². The van der Waals surface area contributed by atoms with E-state index in [0.29, 0.717) is 5.56 Å². The van der Waals surface area contributed by atoms with Gasteiger partial charge in [-0.05, 0) is 12.1 Å². The van der Waals surface area contributed by atoms with Crippen molar-refractivity contribution in [2.75, 3.05) is 0 Å². The van der Waals surface area contributed by atoms with E-state index in [1.54, 1.807) is 24.3 Å². The summed E-state index contributed by atoms with van der Waals surface area (Å²) in [5, 5.41) is 0.